The molecule has 7 nitrogen and oxygen atoms in total. The van der Waals surface area contributed by atoms with Crippen molar-refractivity contribution in [3.63, 3.8) is 0 Å². The molecule has 2 heterocycles. The van der Waals surface area contributed by atoms with Gasteiger partial charge in [0.15, 0.2) is 0 Å². The number of nitrogens with zero attached hydrogens (tertiary/aromatic N) is 1. The van der Waals surface area contributed by atoms with Gasteiger partial charge in [-0.05, 0) is 43.0 Å². The van der Waals surface area contributed by atoms with Crippen LogP contribution in [0.25, 0.3) is 11.1 Å². The summed E-state index contributed by atoms with van der Waals surface area (Å²) in [4.78, 5) is 15.9. The molecule has 3 rings (SSSR count). The van der Waals surface area contributed by atoms with E-state index in [4.69, 9.17) is 19.9 Å². The predicted molar refractivity (Wildman–Crippen MR) is 108 cm³/mol. The second kappa shape index (κ2) is 8.93. The van der Waals surface area contributed by atoms with Crippen LogP contribution in [0.2, 0.25) is 0 Å². The molecule has 2 aromatic rings. The molecule has 1 amide bonds. The first-order valence-corrected chi connectivity index (χ1v) is 9.54. The normalized spacial score (nSPS) is 13.2. The molecule has 0 fully saturated rings. The Kier molecular flexibility index (Phi) is 6.36. The number of nitrogens with two attached hydrogens (primary N) is 1. The average molecular weight is 385 g/mol. The van der Waals surface area contributed by atoms with Crippen LogP contribution in [0.5, 0.6) is 11.5 Å². The summed E-state index contributed by atoms with van der Waals surface area (Å²) in [5, 5.41) is 2.63. The summed E-state index contributed by atoms with van der Waals surface area (Å²) in [5.41, 5.74) is 8.94. The third-order valence-corrected chi connectivity index (χ3v) is 4.36. The van der Waals surface area contributed by atoms with E-state index in [2.05, 4.69) is 24.1 Å². The lowest BCUT2D eigenvalue weighted by Gasteiger charge is -2.22. The Morgan fingerprint density at radius 3 is 2.89 bits per heavy atom. The van der Waals surface area contributed by atoms with Gasteiger partial charge in [-0.15, -0.1) is 0 Å². The number of rotatable bonds is 7. The van der Waals surface area contributed by atoms with Crippen LogP contribution in [0.4, 0.5) is 10.6 Å². The average Bonchev–Trinajstić information content (AvgIpc) is 2.65. The van der Waals surface area contributed by atoms with Gasteiger partial charge in [0.25, 0.3) is 0 Å². The number of amides is 1. The first kappa shape index (κ1) is 19.9. The minimum Gasteiger partial charge on any atom is -0.492 e. The minimum atomic E-state index is -0.524. The molecule has 28 heavy (non-hydrogen) atoms. The van der Waals surface area contributed by atoms with E-state index in [1.165, 1.54) is 0 Å². The minimum absolute atomic E-state index is 0.000241. The van der Waals surface area contributed by atoms with Crippen molar-refractivity contribution in [3.05, 3.63) is 36.0 Å². The quantitative estimate of drug-likeness (QED) is 0.749. The van der Waals surface area contributed by atoms with E-state index in [1.54, 1.807) is 13.1 Å². The molecule has 0 radical (unpaired) electrons. The summed E-state index contributed by atoms with van der Waals surface area (Å²) in [7, 11) is 0. The van der Waals surface area contributed by atoms with E-state index < -0.39 is 6.09 Å². The van der Waals surface area contributed by atoms with Crippen LogP contribution in [0.1, 0.15) is 32.8 Å². The van der Waals surface area contributed by atoms with E-state index in [1.807, 2.05) is 24.3 Å². The molecule has 1 aliphatic heterocycles. The standard InChI is InChI=1S/C21H27N3O4/c1-4-26-21(25)24-20-9-18-14(10-23-20)11-28-19-8-16(5-6-17(18)19)27-12-15(22)7-13(2)3/h5-6,8-10,13,15H,4,7,11-12,22H2,1-3H3,(H,23,24,25)/t15-/m0/s1. The van der Waals surface area contributed by atoms with Gasteiger partial charge in [-0.1, -0.05) is 13.8 Å². The van der Waals surface area contributed by atoms with Crippen molar-refractivity contribution in [3.8, 4) is 22.6 Å². The van der Waals surface area contributed by atoms with Crippen molar-refractivity contribution >= 4 is 11.9 Å². The lowest BCUT2D eigenvalue weighted by Crippen LogP contribution is -2.29. The zero-order chi connectivity index (χ0) is 20.1. The highest BCUT2D eigenvalue weighted by Gasteiger charge is 2.20. The zero-order valence-electron chi connectivity index (χ0n) is 16.5. The molecule has 1 aromatic carbocycles. The predicted octanol–water partition coefficient (Wildman–Crippen LogP) is 3.96. The Hall–Kier alpha value is -2.80. The maximum absolute atomic E-state index is 11.6. The monoisotopic (exact) mass is 385 g/mol. The molecule has 1 atom stereocenters. The summed E-state index contributed by atoms with van der Waals surface area (Å²) in [6, 6.07) is 7.55. The van der Waals surface area contributed by atoms with E-state index in [9.17, 15) is 4.79 Å². The van der Waals surface area contributed by atoms with E-state index in [-0.39, 0.29) is 6.04 Å². The molecule has 0 bridgehead atoms. The Morgan fingerprint density at radius 1 is 1.32 bits per heavy atom. The smallest absolute Gasteiger partial charge is 0.412 e. The second-order valence-electron chi connectivity index (χ2n) is 7.22. The Bertz CT molecular complexity index is 838. The fraction of sp³-hybridized carbons (Fsp3) is 0.429. The van der Waals surface area contributed by atoms with Crippen molar-refractivity contribution in [2.24, 2.45) is 11.7 Å². The fourth-order valence-corrected chi connectivity index (χ4v) is 3.16. The molecule has 0 saturated carbocycles. The number of hydrogen-bond acceptors (Lipinski definition) is 6. The Morgan fingerprint density at radius 2 is 2.14 bits per heavy atom. The third-order valence-electron chi connectivity index (χ3n) is 4.36. The van der Waals surface area contributed by atoms with Crippen LogP contribution in [0, 0.1) is 5.92 Å². The molecule has 3 N–H and O–H groups in total. The van der Waals surface area contributed by atoms with Crippen molar-refractivity contribution in [1.82, 2.24) is 4.98 Å². The molecule has 1 aliphatic rings. The van der Waals surface area contributed by atoms with E-state index in [0.29, 0.717) is 31.6 Å². The molecule has 7 heteroatoms. The number of pyridine rings is 1. The molecule has 150 valence electrons. The van der Waals surface area contributed by atoms with Gasteiger partial charge in [-0.2, -0.15) is 0 Å². The summed E-state index contributed by atoms with van der Waals surface area (Å²) >= 11 is 0. The van der Waals surface area contributed by atoms with Crippen LogP contribution < -0.4 is 20.5 Å². The highest BCUT2D eigenvalue weighted by molar-refractivity contribution is 5.85. The van der Waals surface area contributed by atoms with Crippen molar-refractivity contribution in [2.75, 3.05) is 18.5 Å². The molecular weight excluding hydrogens is 358 g/mol. The topological polar surface area (TPSA) is 95.7 Å². The van der Waals surface area contributed by atoms with Gasteiger partial charge in [0.1, 0.15) is 30.5 Å². The lowest BCUT2D eigenvalue weighted by atomic mass is 9.98. The van der Waals surface area contributed by atoms with Crippen LogP contribution in [-0.4, -0.2) is 30.3 Å². The van der Waals surface area contributed by atoms with E-state index in [0.717, 1.165) is 34.6 Å². The van der Waals surface area contributed by atoms with Crippen molar-refractivity contribution in [2.45, 2.75) is 39.8 Å². The number of benzene rings is 1. The molecule has 0 spiro atoms. The largest absolute Gasteiger partial charge is 0.492 e. The second-order valence-corrected chi connectivity index (χ2v) is 7.22. The van der Waals surface area contributed by atoms with Crippen LogP contribution in [0.3, 0.4) is 0 Å². The maximum Gasteiger partial charge on any atom is 0.412 e. The first-order valence-electron chi connectivity index (χ1n) is 9.54. The van der Waals surface area contributed by atoms with Gasteiger partial charge in [-0.25, -0.2) is 9.78 Å². The van der Waals surface area contributed by atoms with Crippen LogP contribution >= 0.6 is 0 Å². The number of carbonyl (C=O) groups is 1. The molecule has 0 unspecified atom stereocenters. The molecule has 1 aromatic heterocycles. The highest BCUT2D eigenvalue weighted by atomic mass is 16.5. The Labute approximate surface area is 165 Å². The lowest BCUT2D eigenvalue weighted by molar-refractivity contribution is 0.168. The van der Waals surface area contributed by atoms with Gasteiger partial charge in [0, 0.05) is 29.4 Å². The van der Waals surface area contributed by atoms with Gasteiger partial charge in [0.2, 0.25) is 0 Å². The first-order chi connectivity index (χ1) is 13.5. The number of fused-ring (bicyclic) bond motifs is 3. The van der Waals surface area contributed by atoms with Crippen LogP contribution in [0.15, 0.2) is 30.5 Å². The zero-order valence-corrected chi connectivity index (χ0v) is 16.5. The fourth-order valence-electron chi connectivity index (χ4n) is 3.16. The number of ether oxygens (including phenoxy) is 3. The number of nitrogens with one attached hydrogen (secondary N) is 1. The van der Waals surface area contributed by atoms with Crippen molar-refractivity contribution in [1.29, 1.82) is 0 Å². The summed E-state index contributed by atoms with van der Waals surface area (Å²) in [5.74, 6) is 2.43. The number of hydrogen-bond donors (Lipinski definition) is 2. The van der Waals surface area contributed by atoms with Gasteiger partial charge in [-0.3, -0.25) is 5.32 Å². The number of aromatic nitrogens is 1. The van der Waals surface area contributed by atoms with Crippen molar-refractivity contribution < 1.29 is 19.0 Å². The molecular formula is C21H27N3O4. The van der Waals surface area contributed by atoms with Gasteiger partial charge in [0.05, 0.1) is 6.61 Å². The Balaban J connectivity index is 1.75. The van der Waals surface area contributed by atoms with Crippen LogP contribution in [-0.2, 0) is 11.3 Å². The molecule has 0 saturated heterocycles. The highest BCUT2D eigenvalue weighted by Crippen LogP contribution is 2.40. The summed E-state index contributed by atoms with van der Waals surface area (Å²) in [6.07, 6.45) is 2.09. The van der Waals surface area contributed by atoms with E-state index >= 15 is 0 Å². The maximum atomic E-state index is 11.6. The summed E-state index contributed by atoms with van der Waals surface area (Å²) < 4.78 is 16.6. The SMILES string of the molecule is CCOC(=O)Nc1cc2c(cn1)COc1cc(OC[C@@H](N)CC(C)C)ccc1-2. The van der Waals surface area contributed by atoms with Gasteiger partial charge >= 0.3 is 6.09 Å². The number of anilines is 1. The third kappa shape index (κ3) is 4.92. The van der Waals surface area contributed by atoms with Gasteiger partial charge < -0.3 is 19.9 Å². The molecule has 0 aliphatic carbocycles. The summed E-state index contributed by atoms with van der Waals surface area (Å²) in [6.45, 7) is 7.21. The number of carbonyl (C=O) groups excluding carboxylic acids is 1.